The Bertz CT molecular complexity index is 418. The molecule has 72 valence electrons. The molecular formula is C7H9N7. The average molecular weight is 191 g/mol. The number of aromatic nitrogens is 4. The zero-order chi connectivity index (χ0) is 9.97. The van der Waals surface area contributed by atoms with Crippen molar-refractivity contribution in [2.24, 2.45) is 5.84 Å². The van der Waals surface area contributed by atoms with E-state index in [1.165, 1.54) is 10.9 Å². The van der Waals surface area contributed by atoms with E-state index in [0.717, 1.165) is 0 Å². The predicted molar refractivity (Wildman–Crippen MR) is 51.4 cm³/mol. The third kappa shape index (κ3) is 1.48. The van der Waals surface area contributed by atoms with E-state index in [1.807, 2.05) is 0 Å². The molecule has 0 saturated heterocycles. The highest BCUT2D eigenvalue weighted by molar-refractivity contribution is 5.37. The number of hydrogen-bond acceptors (Lipinski definition) is 6. The molecule has 5 N–H and O–H groups in total. The van der Waals surface area contributed by atoms with Gasteiger partial charge >= 0.3 is 0 Å². The van der Waals surface area contributed by atoms with Crippen molar-refractivity contribution in [3.05, 3.63) is 24.5 Å². The number of nitrogen functional groups attached to an aromatic ring is 2. The molecule has 2 aromatic heterocycles. The molecule has 0 bridgehead atoms. The van der Waals surface area contributed by atoms with Crippen LogP contribution in [0.15, 0.2) is 24.5 Å². The lowest BCUT2D eigenvalue weighted by Crippen LogP contribution is -2.10. The van der Waals surface area contributed by atoms with Crippen LogP contribution in [-0.2, 0) is 0 Å². The van der Waals surface area contributed by atoms with Crippen molar-refractivity contribution in [3.63, 3.8) is 0 Å². The van der Waals surface area contributed by atoms with Crippen LogP contribution in [0.5, 0.6) is 0 Å². The van der Waals surface area contributed by atoms with Crippen molar-refractivity contribution >= 4 is 11.5 Å². The van der Waals surface area contributed by atoms with Crippen LogP contribution >= 0.6 is 0 Å². The normalized spacial score (nSPS) is 10.1. The summed E-state index contributed by atoms with van der Waals surface area (Å²) >= 11 is 0. The van der Waals surface area contributed by atoms with Crippen molar-refractivity contribution in [1.29, 1.82) is 0 Å². The lowest BCUT2D eigenvalue weighted by Gasteiger charge is -2.00. The van der Waals surface area contributed by atoms with Gasteiger partial charge in [-0.05, 0) is 12.1 Å². The molecule has 7 nitrogen and oxygen atoms in total. The van der Waals surface area contributed by atoms with Gasteiger partial charge in [-0.3, -0.25) is 0 Å². The zero-order valence-electron chi connectivity index (χ0n) is 7.25. The Balaban J connectivity index is 2.33. The van der Waals surface area contributed by atoms with Crippen molar-refractivity contribution in [3.8, 4) is 5.82 Å². The molecule has 7 heteroatoms. The first-order valence-electron chi connectivity index (χ1n) is 3.90. The predicted octanol–water partition coefficient (Wildman–Crippen LogP) is -0.470. The molecule has 0 radical (unpaired) electrons. The molecule has 0 aliphatic rings. The lowest BCUT2D eigenvalue weighted by atomic mass is 10.5. The van der Waals surface area contributed by atoms with E-state index in [0.29, 0.717) is 17.3 Å². The third-order valence-corrected chi connectivity index (χ3v) is 1.64. The average Bonchev–Trinajstić information content (AvgIpc) is 2.65. The van der Waals surface area contributed by atoms with E-state index in [4.69, 9.17) is 11.6 Å². The van der Waals surface area contributed by atoms with Crippen LogP contribution in [-0.4, -0.2) is 20.0 Å². The Morgan fingerprint density at radius 3 is 2.64 bits per heavy atom. The zero-order valence-corrected chi connectivity index (χ0v) is 7.25. The van der Waals surface area contributed by atoms with Crippen molar-refractivity contribution in [2.75, 3.05) is 11.2 Å². The number of hydrazine groups is 1. The van der Waals surface area contributed by atoms with Gasteiger partial charge < -0.3 is 11.2 Å². The van der Waals surface area contributed by atoms with Crippen molar-refractivity contribution < 1.29 is 0 Å². The van der Waals surface area contributed by atoms with Crippen molar-refractivity contribution in [2.45, 2.75) is 0 Å². The number of nitrogens with zero attached hydrogens (tertiary/aromatic N) is 4. The summed E-state index contributed by atoms with van der Waals surface area (Å²) in [5.74, 6) is 6.23. The molecule has 2 heterocycles. The number of rotatable bonds is 2. The molecule has 2 rings (SSSR count). The van der Waals surface area contributed by atoms with Crippen LogP contribution < -0.4 is 17.0 Å². The first-order chi connectivity index (χ1) is 6.79. The molecule has 0 aliphatic carbocycles. The number of nitrogens with two attached hydrogens (primary N) is 2. The molecule has 0 amide bonds. The standard InChI is InChI=1S/C7H9N7/c8-5-3-10-14(4-5)7-2-1-6(11-9)12-13-7/h1-4H,8-9H2,(H,11,12). The van der Waals surface area contributed by atoms with Gasteiger partial charge in [0.05, 0.1) is 18.1 Å². The number of anilines is 2. The van der Waals surface area contributed by atoms with Crippen LogP contribution in [0.25, 0.3) is 5.82 Å². The molecule has 0 saturated carbocycles. The molecule has 0 atom stereocenters. The van der Waals surface area contributed by atoms with E-state index in [-0.39, 0.29) is 0 Å². The molecule has 14 heavy (non-hydrogen) atoms. The Morgan fingerprint density at radius 1 is 1.29 bits per heavy atom. The minimum absolute atomic E-state index is 0.494. The minimum atomic E-state index is 0.494. The maximum absolute atomic E-state index is 5.51. The highest BCUT2D eigenvalue weighted by Crippen LogP contribution is 2.06. The van der Waals surface area contributed by atoms with Crippen LogP contribution in [0.2, 0.25) is 0 Å². The summed E-state index contributed by atoms with van der Waals surface area (Å²) in [7, 11) is 0. The van der Waals surface area contributed by atoms with Gasteiger partial charge in [0.2, 0.25) is 0 Å². The molecule has 0 spiro atoms. The fourth-order valence-electron chi connectivity index (χ4n) is 0.986. The van der Waals surface area contributed by atoms with Gasteiger partial charge in [0.1, 0.15) is 0 Å². The van der Waals surface area contributed by atoms with Gasteiger partial charge in [-0.15, -0.1) is 10.2 Å². The van der Waals surface area contributed by atoms with Crippen LogP contribution in [0, 0.1) is 0 Å². The van der Waals surface area contributed by atoms with E-state index in [1.54, 1.807) is 18.3 Å². The summed E-state index contributed by atoms with van der Waals surface area (Å²) in [6.45, 7) is 0. The van der Waals surface area contributed by atoms with Crippen molar-refractivity contribution in [1.82, 2.24) is 20.0 Å². The SMILES string of the molecule is NNc1ccc(-n2cc(N)cn2)nn1. The smallest absolute Gasteiger partial charge is 0.175 e. The van der Waals surface area contributed by atoms with E-state index >= 15 is 0 Å². The molecular weight excluding hydrogens is 182 g/mol. The summed E-state index contributed by atoms with van der Waals surface area (Å²) in [6, 6.07) is 3.43. The van der Waals surface area contributed by atoms with Crippen LogP contribution in [0.1, 0.15) is 0 Å². The van der Waals surface area contributed by atoms with Crippen LogP contribution in [0.4, 0.5) is 11.5 Å². The van der Waals surface area contributed by atoms with Gasteiger partial charge in [-0.1, -0.05) is 0 Å². The second-order valence-corrected chi connectivity index (χ2v) is 2.64. The molecule has 2 aromatic rings. The van der Waals surface area contributed by atoms with Crippen LogP contribution in [0.3, 0.4) is 0 Å². The Kier molecular flexibility index (Phi) is 1.99. The fraction of sp³-hybridized carbons (Fsp3) is 0. The maximum atomic E-state index is 5.51. The second kappa shape index (κ2) is 3.30. The van der Waals surface area contributed by atoms with Gasteiger partial charge in [-0.2, -0.15) is 5.10 Å². The summed E-state index contributed by atoms with van der Waals surface area (Å²) in [5, 5.41) is 11.7. The first kappa shape index (κ1) is 8.45. The quantitative estimate of drug-likeness (QED) is 0.437. The maximum Gasteiger partial charge on any atom is 0.175 e. The summed E-state index contributed by atoms with van der Waals surface area (Å²) in [4.78, 5) is 0. The Hall–Kier alpha value is -2.15. The minimum Gasteiger partial charge on any atom is -0.396 e. The van der Waals surface area contributed by atoms with Gasteiger partial charge in [0.15, 0.2) is 11.6 Å². The Labute approximate surface area is 79.7 Å². The highest BCUT2D eigenvalue weighted by Gasteiger charge is 2.00. The molecule has 0 aromatic carbocycles. The second-order valence-electron chi connectivity index (χ2n) is 2.64. The lowest BCUT2D eigenvalue weighted by molar-refractivity contribution is 0.815. The molecule has 0 unspecified atom stereocenters. The number of hydrogen-bond donors (Lipinski definition) is 3. The first-order valence-corrected chi connectivity index (χ1v) is 3.90. The summed E-state index contributed by atoms with van der Waals surface area (Å²) in [6.07, 6.45) is 3.19. The summed E-state index contributed by atoms with van der Waals surface area (Å²) < 4.78 is 1.53. The summed E-state index contributed by atoms with van der Waals surface area (Å²) in [5.41, 5.74) is 8.47. The van der Waals surface area contributed by atoms with E-state index in [2.05, 4.69) is 20.7 Å². The van der Waals surface area contributed by atoms with E-state index < -0.39 is 0 Å². The van der Waals surface area contributed by atoms with E-state index in [9.17, 15) is 0 Å². The highest BCUT2D eigenvalue weighted by atomic mass is 15.4. The van der Waals surface area contributed by atoms with Gasteiger partial charge in [0.25, 0.3) is 0 Å². The largest absolute Gasteiger partial charge is 0.396 e. The molecule has 0 aliphatic heterocycles. The topological polar surface area (TPSA) is 108 Å². The fourth-order valence-corrected chi connectivity index (χ4v) is 0.986. The van der Waals surface area contributed by atoms with Gasteiger partial charge in [0, 0.05) is 0 Å². The van der Waals surface area contributed by atoms with Gasteiger partial charge in [-0.25, -0.2) is 10.5 Å². The molecule has 0 fully saturated rings. The number of nitrogens with one attached hydrogen (secondary N) is 1. The monoisotopic (exact) mass is 191 g/mol. The Morgan fingerprint density at radius 2 is 2.14 bits per heavy atom. The third-order valence-electron chi connectivity index (χ3n) is 1.64.